The van der Waals surface area contributed by atoms with E-state index < -0.39 is 0 Å². The second-order valence-electron chi connectivity index (χ2n) is 7.99. The topological polar surface area (TPSA) is 61.3 Å². The number of rotatable bonds is 12. The fourth-order valence-corrected chi connectivity index (χ4v) is 5.26. The van der Waals surface area contributed by atoms with Crippen LogP contribution in [0.15, 0.2) is 70.1 Å². The number of nitrogens with zero attached hydrogens (tertiary/aromatic N) is 2. The first kappa shape index (κ1) is 25.8. The number of para-hydroxylation sites is 1. The third kappa shape index (κ3) is 7.58. The van der Waals surface area contributed by atoms with Crippen LogP contribution in [0.3, 0.4) is 0 Å². The zero-order chi connectivity index (χ0) is 23.5. The quantitative estimate of drug-likeness (QED) is 0.129. The van der Waals surface area contributed by atoms with Crippen molar-refractivity contribution in [1.29, 1.82) is 0 Å². The Kier molecular flexibility index (Phi) is 10.8. The number of alkyl halides is 1. The average molecular weight is 578 g/mol. The van der Waals surface area contributed by atoms with E-state index in [9.17, 15) is 4.79 Å². The first-order chi connectivity index (χ1) is 16.2. The van der Waals surface area contributed by atoms with E-state index in [1.165, 1.54) is 11.3 Å². The van der Waals surface area contributed by atoms with E-state index in [0.717, 1.165) is 54.2 Å². The van der Waals surface area contributed by atoms with E-state index in [2.05, 4.69) is 65.4 Å². The van der Waals surface area contributed by atoms with Gasteiger partial charge in [-0.2, -0.15) is 0 Å². The lowest BCUT2D eigenvalue weighted by Gasteiger charge is -2.21. The van der Waals surface area contributed by atoms with Crippen LogP contribution < -0.4 is 10.6 Å². The molecule has 0 aromatic heterocycles. The van der Waals surface area contributed by atoms with Gasteiger partial charge in [-0.3, -0.25) is 9.79 Å². The molecule has 0 fully saturated rings. The van der Waals surface area contributed by atoms with Crippen molar-refractivity contribution in [3.05, 3.63) is 65.7 Å². The third-order valence-corrected chi connectivity index (χ3v) is 7.42. The molecule has 0 unspecified atom stereocenters. The van der Waals surface area contributed by atoms with Crippen LogP contribution in [0.25, 0.3) is 5.70 Å². The summed E-state index contributed by atoms with van der Waals surface area (Å²) in [6, 6.07) is 18.5. The van der Waals surface area contributed by atoms with Crippen LogP contribution in [0, 0.1) is 0 Å². The lowest BCUT2D eigenvalue weighted by atomic mass is 9.99. The van der Waals surface area contributed by atoms with E-state index in [1.54, 1.807) is 11.8 Å². The molecule has 0 aliphatic carbocycles. The molecule has 3 rings (SSSR count). The predicted molar refractivity (Wildman–Crippen MR) is 148 cm³/mol. The molecule has 0 saturated carbocycles. The first-order valence-electron chi connectivity index (χ1n) is 11.6. The summed E-state index contributed by atoms with van der Waals surface area (Å²) in [7, 11) is 2.11. The van der Waals surface area contributed by atoms with Crippen molar-refractivity contribution in [3.63, 3.8) is 0 Å². The van der Waals surface area contributed by atoms with Gasteiger partial charge in [-0.25, -0.2) is 0 Å². The van der Waals surface area contributed by atoms with Crippen molar-refractivity contribution in [1.82, 2.24) is 10.2 Å². The number of hydrogen-bond donors (Lipinski definition) is 2. The first-order valence-corrected chi connectivity index (χ1v) is 14.1. The number of quaternary nitrogens is 1. The van der Waals surface area contributed by atoms with Gasteiger partial charge in [0.25, 0.3) is 0 Å². The van der Waals surface area contributed by atoms with Crippen LogP contribution in [0.1, 0.15) is 31.7 Å². The van der Waals surface area contributed by atoms with Crippen LogP contribution in [0.4, 0.5) is 5.69 Å². The number of amides is 1. The number of fused-ring (bicyclic) bond motifs is 1. The molecule has 33 heavy (non-hydrogen) atoms. The summed E-state index contributed by atoms with van der Waals surface area (Å²) in [4.78, 5) is 21.1. The lowest BCUT2D eigenvalue weighted by Crippen LogP contribution is -2.79. The van der Waals surface area contributed by atoms with Crippen LogP contribution in [0.5, 0.6) is 0 Å². The van der Waals surface area contributed by atoms with Gasteiger partial charge >= 0.3 is 0 Å². The summed E-state index contributed by atoms with van der Waals surface area (Å²) in [6.45, 7) is 4.83. The van der Waals surface area contributed by atoms with Gasteiger partial charge in [0.2, 0.25) is 5.91 Å². The molecule has 0 saturated heterocycles. The smallest absolute Gasteiger partial charge is 0.233 e. The molecule has 1 heterocycles. The van der Waals surface area contributed by atoms with Gasteiger partial charge in [0, 0.05) is 41.3 Å². The minimum atomic E-state index is 0.148. The number of nitrogens with two attached hydrogens (primary N) is 1. The van der Waals surface area contributed by atoms with E-state index in [0.29, 0.717) is 16.8 Å². The highest BCUT2D eigenvalue weighted by molar-refractivity contribution is 14.1. The molecule has 0 radical (unpaired) electrons. The molecule has 176 valence electrons. The second kappa shape index (κ2) is 13.8. The molecule has 0 bridgehead atoms. The maximum atomic E-state index is 13.0. The Morgan fingerprint density at radius 1 is 1.18 bits per heavy atom. The zero-order valence-electron chi connectivity index (χ0n) is 19.5. The largest absolute Gasteiger partial charge is 0.384 e. The number of carbonyl (C=O) groups excluding carboxylic acids is 1. The normalized spacial score (nSPS) is 13.2. The summed E-state index contributed by atoms with van der Waals surface area (Å²) in [6.07, 6.45) is 2.86. The van der Waals surface area contributed by atoms with Crippen molar-refractivity contribution in [2.45, 2.75) is 31.1 Å². The Morgan fingerprint density at radius 2 is 1.94 bits per heavy atom. The highest BCUT2D eigenvalue weighted by Gasteiger charge is 2.21. The molecule has 2 aromatic rings. The SMILES string of the molecule is CCC1=C(NCCC[NH2+]C)c2ccccc2N=C(CN(CI)C(=O)CSc2ccccc2)C1. The number of allylic oxidation sites excluding steroid dienone is 1. The fourth-order valence-electron chi connectivity index (χ4n) is 3.82. The summed E-state index contributed by atoms with van der Waals surface area (Å²) in [5, 5.41) is 5.92. The molecule has 5 nitrogen and oxygen atoms in total. The van der Waals surface area contributed by atoms with Gasteiger partial charge in [-0.1, -0.05) is 65.9 Å². The van der Waals surface area contributed by atoms with Gasteiger partial charge in [0.15, 0.2) is 0 Å². The molecule has 1 amide bonds. The van der Waals surface area contributed by atoms with Gasteiger partial charge in [-0.15, -0.1) is 11.8 Å². The van der Waals surface area contributed by atoms with Crippen LogP contribution in [-0.4, -0.2) is 53.5 Å². The minimum absolute atomic E-state index is 0.148. The third-order valence-electron chi connectivity index (χ3n) is 5.60. The molecule has 3 N–H and O–H groups in total. The molecular weight excluding hydrogens is 543 g/mol. The van der Waals surface area contributed by atoms with E-state index in [-0.39, 0.29) is 5.91 Å². The van der Waals surface area contributed by atoms with Gasteiger partial charge in [0.1, 0.15) is 0 Å². The lowest BCUT2D eigenvalue weighted by molar-refractivity contribution is -0.626. The standard InChI is InChI=1S/C26H33IN4OS/c1-3-20-16-21(17-31(19-27)25(32)18-33-22-10-5-4-6-11-22)30-24-13-8-7-12-23(24)26(20)29-15-9-14-28-2/h4-8,10-13,28-29H,3,9,14-19H2,1-2H3/p+1. The van der Waals surface area contributed by atoms with Gasteiger partial charge in [-0.05, 0) is 30.2 Å². The number of thioether (sulfide) groups is 1. The van der Waals surface area contributed by atoms with E-state index in [4.69, 9.17) is 4.99 Å². The van der Waals surface area contributed by atoms with Crippen molar-refractivity contribution in [2.75, 3.05) is 37.0 Å². The zero-order valence-corrected chi connectivity index (χ0v) is 22.5. The predicted octanol–water partition coefficient (Wildman–Crippen LogP) is 4.47. The molecule has 1 aliphatic heterocycles. The number of carbonyl (C=O) groups is 1. The van der Waals surface area contributed by atoms with Crippen molar-refractivity contribution < 1.29 is 10.1 Å². The number of hydrogen-bond acceptors (Lipinski definition) is 4. The van der Waals surface area contributed by atoms with Crippen molar-refractivity contribution in [2.24, 2.45) is 4.99 Å². The van der Waals surface area contributed by atoms with Crippen LogP contribution in [0.2, 0.25) is 0 Å². The number of benzene rings is 2. The van der Waals surface area contributed by atoms with Crippen molar-refractivity contribution in [3.8, 4) is 0 Å². The summed E-state index contributed by atoms with van der Waals surface area (Å²) >= 11 is 3.87. The Hall–Kier alpha value is -1.84. The second-order valence-corrected chi connectivity index (χ2v) is 9.73. The Bertz CT molecular complexity index is 977. The molecule has 2 aromatic carbocycles. The van der Waals surface area contributed by atoms with E-state index in [1.807, 2.05) is 41.3 Å². The highest BCUT2D eigenvalue weighted by Crippen LogP contribution is 2.33. The molecular formula is C26H34IN4OS+. The molecule has 1 aliphatic rings. The maximum absolute atomic E-state index is 13.0. The highest BCUT2D eigenvalue weighted by atomic mass is 127. The van der Waals surface area contributed by atoms with Crippen LogP contribution in [-0.2, 0) is 4.79 Å². The van der Waals surface area contributed by atoms with E-state index >= 15 is 0 Å². The maximum Gasteiger partial charge on any atom is 0.233 e. The molecule has 0 atom stereocenters. The van der Waals surface area contributed by atoms with Crippen molar-refractivity contribution >= 4 is 57.4 Å². The summed E-state index contributed by atoms with van der Waals surface area (Å²) in [5.41, 5.74) is 5.78. The van der Waals surface area contributed by atoms with Gasteiger partial charge < -0.3 is 15.5 Å². The minimum Gasteiger partial charge on any atom is -0.384 e. The Labute approximate surface area is 215 Å². The average Bonchev–Trinajstić information content (AvgIpc) is 3.00. The monoisotopic (exact) mass is 577 g/mol. The number of aliphatic imine (C=N–C) groups is 1. The number of halogens is 1. The summed E-state index contributed by atoms with van der Waals surface area (Å²) in [5.74, 6) is 0.587. The van der Waals surface area contributed by atoms with Crippen LogP contribution >= 0.6 is 34.4 Å². The van der Waals surface area contributed by atoms with Gasteiger partial charge in [0.05, 0.1) is 36.1 Å². The number of nitrogens with one attached hydrogen (secondary N) is 1. The molecule has 0 spiro atoms. The summed E-state index contributed by atoms with van der Waals surface area (Å²) < 4.78 is 0.649. The molecule has 7 heteroatoms. The Morgan fingerprint density at radius 3 is 2.67 bits per heavy atom. The fraction of sp³-hybridized carbons (Fsp3) is 0.385. The Balaban J connectivity index is 1.76.